The second-order valence-electron chi connectivity index (χ2n) is 4.97. The van der Waals surface area contributed by atoms with Crippen LogP contribution in [-0.2, 0) is 10.8 Å². The van der Waals surface area contributed by atoms with Crippen molar-refractivity contribution in [3.8, 4) is 5.75 Å². The van der Waals surface area contributed by atoms with Crippen molar-refractivity contribution in [2.24, 2.45) is 5.73 Å². The number of ether oxygens (including phenoxy) is 1. The van der Waals surface area contributed by atoms with E-state index in [1.54, 1.807) is 7.11 Å². The Bertz CT molecular complexity index is 399. The Morgan fingerprint density at radius 3 is 2.47 bits per heavy atom. The van der Waals surface area contributed by atoms with Crippen LogP contribution in [0.25, 0.3) is 0 Å². The van der Waals surface area contributed by atoms with Crippen molar-refractivity contribution in [2.75, 3.05) is 12.9 Å². The highest BCUT2D eigenvalue weighted by molar-refractivity contribution is 7.86. The maximum atomic E-state index is 12.0. The van der Waals surface area contributed by atoms with E-state index in [1.165, 1.54) is 0 Å². The molecule has 0 amide bonds. The molecule has 0 radical (unpaired) electrons. The summed E-state index contributed by atoms with van der Waals surface area (Å²) in [4.78, 5) is 0. The third kappa shape index (κ3) is 3.82. The van der Waals surface area contributed by atoms with Gasteiger partial charge in [0, 0.05) is 32.9 Å². The first-order valence-electron chi connectivity index (χ1n) is 5.63. The molecule has 0 aliphatic rings. The molecule has 0 saturated carbocycles. The predicted octanol–water partition coefficient (Wildman–Crippen LogP) is 2.24. The van der Waals surface area contributed by atoms with Crippen LogP contribution in [-0.4, -0.2) is 21.8 Å². The average Bonchev–Trinajstić information content (AvgIpc) is 2.27. The van der Waals surface area contributed by atoms with E-state index in [9.17, 15) is 4.21 Å². The zero-order valence-electron chi connectivity index (χ0n) is 10.9. The zero-order chi connectivity index (χ0) is 13.1. The fourth-order valence-corrected chi connectivity index (χ4v) is 2.48. The van der Waals surface area contributed by atoms with Crippen molar-refractivity contribution < 1.29 is 8.95 Å². The van der Waals surface area contributed by atoms with E-state index >= 15 is 0 Å². The van der Waals surface area contributed by atoms with Crippen molar-refractivity contribution in [1.29, 1.82) is 0 Å². The third-order valence-electron chi connectivity index (χ3n) is 2.55. The Labute approximate surface area is 106 Å². The monoisotopic (exact) mass is 255 g/mol. The predicted molar refractivity (Wildman–Crippen MR) is 72.7 cm³/mol. The van der Waals surface area contributed by atoms with Gasteiger partial charge in [0.15, 0.2) is 0 Å². The second-order valence-corrected chi connectivity index (χ2v) is 7.22. The molecule has 1 rings (SSSR count). The van der Waals surface area contributed by atoms with Gasteiger partial charge in [0.2, 0.25) is 0 Å². The lowest BCUT2D eigenvalue weighted by atomic mass is 10.1. The number of benzene rings is 1. The smallest absolute Gasteiger partial charge is 0.123 e. The Kier molecular flexibility index (Phi) is 4.71. The molecule has 1 aromatic carbocycles. The van der Waals surface area contributed by atoms with Crippen LogP contribution < -0.4 is 10.5 Å². The topological polar surface area (TPSA) is 52.3 Å². The summed E-state index contributed by atoms with van der Waals surface area (Å²) in [6.45, 7) is 5.87. The molecule has 0 saturated heterocycles. The number of hydrogen-bond acceptors (Lipinski definition) is 3. The van der Waals surface area contributed by atoms with Crippen molar-refractivity contribution in [2.45, 2.75) is 31.6 Å². The summed E-state index contributed by atoms with van der Waals surface area (Å²) in [5.74, 6) is 1.20. The third-order valence-corrected chi connectivity index (χ3v) is 4.58. The standard InChI is InChI=1S/C13H21NO2S/c1-13(2,3)17(15)9-11(14)10-7-5-6-8-12(10)16-4/h5-8,11H,9,14H2,1-4H3. The maximum Gasteiger partial charge on any atom is 0.123 e. The summed E-state index contributed by atoms with van der Waals surface area (Å²) in [6, 6.07) is 7.35. The van der Waals surface area contributed by atoms with E-state index in [1.807, 2.05) is 45.0 Å². The van der Waals surface area contributed by atoms with Gasteiger partial charge in [-0.25, -0.2) is 0 Å². The number of nitrogens with two attached hydrogens (primary N) is 1. The van der Waals surface area contributed by atoms with Crippen LogP contribution in [0.4, 0.5) is 0 Å². The molecule has 2 N–H and O–H groups in total. The van der Waals surface area contributed by atoms with Crippen LogP contribution in [0, 0.1) is 0 Å². The number of hydrogen-bond donors (Lipinski definition) is 1. The normalized spacial score (nSPS) is 15.4. The maximum absolute atomic E-state index is 12.0. The first-order valence-corrected chi connectivity index (χ1v) is 6.95. The SMILES string of the molecule is COc1ccccc1C(N)CS(=O)C(C)(C)C. The molecule has 0 spiro atoms. The van der Waals surface area contributed by atoms with Crippen LogP contribution in [0.2, 0.25) is 0 Å². The van der Waals surface area contributed by atoms with Crippen molar-refractivity contribution in [3.05, 3.63) is 29.8 Å². The summed E-state index contributed by atoms with van der Waals surface area (Å²) in [5.41, 5.74) is 7.01. The Balaban J connectivity index is 2.83. The number of methoxy groups -OCH3 is 1. The van der Waals surface area contributed by atoms with E-state index in [4.69, 9.17) is 10.5 Å². The average molecular weight is 255 g/mol. The second kappa shape index (κ2) is 5.65. The first-order chi connectivity index (χ1) is 7.86. The van der Waals surface area contributed by atoms with Gasteiger partial charge in [-0.1, -0.05) is 18.2 Å². The van der Waals surface area contributed by atoms with Gasteiger partial charge in [-0.15, -0.1) is 0 Å². The van der Waals surface area contributed by atoms with Gasteiger partial charge in [-0.2, -0.15) is 0 Å². The molecule has 4 heteroatoms. The lowest BCUT2D eigenvalue weighted by Crippen LogP contribution is -2.29. The molecule has 0 fully saturated rings. The summed E-state index contributed by atoms with van der Waals surface area (Å²) in [7, 11) is 0.659. The largest absolute Gasteiger partial charge is 0.496 e. The molecule has 0 bridgehead atoms. The Morgan fingerprint density at radius 2 is 1.94 bits per heavy atom. The fraction of sp³-hybridized carbons (Fsp3) is 0.538. The quantitative estimate of drug-likeness (QED) is 0.897. The molecule has 0 aliphatic carbocycles. The number of rotatable bonds is 4. The van der Waals surface area contributed by atoms with Gasteiger partial charge in [-0.05, 0) is 26.8 Å². The van der Waals surface area contributed by atoms with Crippen molar-refractivity contribution in [3.63, 3.8) is 0 Å². The molecule has 3 nitrogen and oxygen atoms in total. The molecule has 0 aliphatic heterocycles. The van der Waals surface area contributed by atoms with Crippen LogP contribution in [0.1, 0.15) is 32.4 Å². The zero-order valence-corrected chi connectivity index (χ0v) is 11.7. The van der Waals surface area contributed by atoms with Gasteiger partial charge in [0.1, 0.15) is 5.75 Å². The van der Waals surface area contributed by atoms with Crippen molar-refractivity contribution in [1.82, 2.24) is 0 Å². The van der Waals surface area contributed by atoms with Crippen LogP contribution in [0.5, 0.6) is 5.75 Å². The van der Waals surface area contributed by atoms with E-state index in [0.717, 1.165) is 11.3 Å². The molecular weight excluding hydrogens is 234 g/mol. The lowest BCUT2D eigenvalue weighted by Gasteiger charge is -2.21. The van der Waals surface area contributed by atoms with Gasteiger partial charge >= 0.3 is 0 Å². The highest BCUT2D eigenvalue weighted by atomic mass is 32.2. The van der Waals surface area contributed by atoms with E-state index in [0.29, 0.717) is 5.75 Å². The Morgan fingerprint density at radius 1 is 1.35 bits per heavy atom. The molecular formula is C13H21NO2S. The summed E-state index contributed by atoms with van der Waals surface area (Å²) in [5, 5.41) is 0. The lowest BCUT2D eigenvalue weighted by molar-refractivity contribution is 0.407. The van der Waals surface area contributed by atoms with E-state index in [2.05, 4.69) is 0 Å². The molecule has 96 valence electrons. The van der Waals surface area contributed by atoms with Gasteiger partial charge in [0.05, 0.1) is 7.11 Å². The van der Waals surface area contributed by atoms with Gasteiger partial charge in [-0.3, -0.25) is 4.21 Å². The molecule has 0 heterocycles. The molecule has 2 unspecified atom stereocenters. The highest BCUT2D eigenvalue weighted by Gasteiger charge is 2.23. The Hall–Kier alpha value is -0.870. The van der Waals surface area contributed by atoms with Crippen LogP contribution >= 0.6 is 0 Å². The van der Waals surface area contributed by atoms with Crippen LogP contribution in [0.15, 0.2) is 24.3 Å². The summed E-state index contributed by atoms with van der Waals surface area (Å²) in [6.07, 6.45) is 0. The number of para-hydroxylation sites is 1. The highest BCUT2D eigenvalue weighted by Crippen LogP contribution is 2.25. The van der Waals surface area contributed by atoms with E-state index < -0.39 is 10.8 Å². The molecule has 2 atom stereocenters. The molecule has 0 aromatic heterocycles. The summed E-state index contributed by atoms with van der Waals surface area (Å²) < 4.78 is 17.1. The van der Waals surface area contributed by atoms with E-state index in [-0.39, 0.29) is 10.8 Å². The molecule has 1 aromatic rings. The molecule has 17 heavy (non-hydrogen) atoms. The van der Waals surface area contributed by atoms with Crippen LogP contribution in [0.3, 0.4) is 0 Å². The first kappa shape index (κ1) is 14.2. The van der Waals surface area contributed by atoms with Gasteiger partial charge in [0.25, 0.3) is 0 Å². The van der Waals surface area contributed by atoms with Gasteiger partial charge < -0.3 is 10.5 Å². The summed E-state index contributed by atoms with van der Waals surface area (Å²) >= 11 is 0. The minimum atomic E-state index is -0.959. The minimum Gasteiger partial charge on any atom is -0.496 e. The van der Waals surface area contributed by atoms with Crippen molar-refractivity contribution >= 4 is 10.8 Å². The minimum absolute atomic E-state index is 0.236. The fourth-order valence-electron chi connectivity index (χ4n) is 1.48.